The first-order chi connectivity index (χ1) is 13.3. The number of unbranched alkanes of at least 4 members (excludes halogenated alkanes) is 15. The molecule has 1 aliphatic heterocycles. The van der Waals surface area contributed by atoms with Crippen LogP contribution >= 0.6 is 0 Å². The molecule has 27 heavy (non-hydrogen) atoms. The van der Waals surface area contributed by atoms with Crippen LogP contribution in [0.4, 0.5) is 4.79 Å². The Labute approximate surface area is 168 Å². The number of carbonyl (C=O) groups excluding carboxylic acids is 1. The van der Waals surface area contributed by atoms with E-state index in [4.69, 9.17) is 9.47 Å². The van der Waals surface area contributed by atoms with E-state index in [0.717, 1.165) is 32.2 Å². The van der Waals surface area contributed by atoms with E-state index in [9.17, 15) is 4.79 Å². The van der Waals surface area contributed by atoms with Crippen molar-refractivity contribution in [1.82, 2.24) is 5.32 Å². The minimum Gasteiger partial charge on any atom is -0.434 e. The van der Waals surface area contributed by atoms with Crippen LogP contribution in [0.25, 0.3) is 0 Å². The summed E-state index contributed by atoms with van der Waals surface area (Å²) in [6.07, 6.45) is 22.6. The maximum absolute atomic E-state index is 11.5. The van der Waals surface area contributed by atoms with Gasteiger partial charge in [-0.05, 0) is 12.8 Å². The van der Waals surface area contributed by atoms with Crippen molar-refractivity contribution in [3.8, 4) is 0 Å². The van der Waals surface area contributed by atoms with E-state index in [-0.39, 0.29) is 6.23 Å². The quantitative estimate of drug-likeness (QED) is 0.187. The SMILES string of the molecule is CCCCCCCCCCCCCCCCCCOC(=O)OC1CCC[N]1. The molecule has 0 N–H and O–H groups in total. The molecule has 1 atom stereocenters. The number of carbonyl (C=O) groups is 1. The summed E-state index contributed by atoms with van der Waals surface area (Å²) in [6.45, 7) is 3.56. The molecular formula is C23H44NO3. The smallest absolute Gasteiger partial charge is 0.434 e. The Kier molecular flexibility index (Phi) is 16.7. The molecule has 0 aromatic rings. The predicted molar refractivity (Wildman–Crippen MR) is 112 cm³/mol. The minimum absolute atomic E-state index is 0.261. The van der Waals surface area contributed by atoms with E-state index in [1.807, 2.05) is 0 Å². The maximum atomic E-state index is 11.5. The van der Waals surface area contributed by atoms with Gasteiger partial charge in [-0.25, -0.2) is 10.1 Å². The highest BCUT2D eigenvalue weighted by Gasteiger charge is 2.20. The fraction of sp³-hybridized carbons (Fsp3) is 0.957. The molecule has 4 heteroatoms. The molecule has 0 bridgehead atoms. The van der Waals surface area contributed by atoms with Crippen molar-refractivity contribution in [3.05, 3.63) is 0 Å². The summed E-state index contributed by atoms with van der Waals surface area (Å²) in [7, 11) is 0. The molecule has 1 saturated heterocycles. The van der Waals surface area contributed by atoms with Gasteiger partial charge in [0.15, 0.2) is 6.23 Å². The highest BCUT2D eigenvalue weighted by molar-refractivity contribution is 5.60. The summed E-state index contributed by atoms with van der Waals surface area (Å²) >= 11 is 0. The Morgan fingerprint density at radius 3 is 1.70 bits per heavy atom. The second-order valence-corrected chi connectivity index (χ2v) is 8.02. The van der Waals surface area contributed by atoms with Gasteiger partial charge in [0.25, 0.3) is 0 Å². The molecule has 1 aliphatic rings. The van der Waals surface area contributed by atoms with Crippen LogP contribution in [-0.2, 0) is 9.47 Å². The van der Waals surface area contributed by atoms with E-state index >= 15 is 0 Å². The molecule has 0 spiro atoms. The molecule has 1 heterocycles. The monoisotopic (exact) mass is 382 g/mol. The Balaban J connectivity index is 1.69. The third-order valence-electron chi connectivity index (χ3n) is 5.39. The zero-order valence-corrected chi connectivity index (χ0v) is 17.9. The van der Waals surface area contributed by atoms with Crippen LogP contribution in [0.5, 0.6) is 0 Å². The van der Waals surface area contributed by atoms with Crippen molar-refractivity contribution in [1.29, 1.82) is 0 Å². The molecule has 1 fully saturated rings. The second kappa shape index (κ2) is 18.6. The van der Waals surface area contributed by atoms with E-state index in [2.05, 4.69) is 12.2 Å². The first-order valence-electron chi connectivity index (χ1n) is 11.8. The maximum Gasteiger partial charge on any atom is 0.509 e. The van der Waals surface area contributed by atoms with E-state index in [0.29, 0.717) is 6.61 Å². The highest BCUT2D eigenvalue weighted by Crippen LogP contribution is 2.14. The number of hydrogen-bond donors (Lipinski definition) is 0. The number of ether oxygens (including phenoxy) is 2. The van der Waals surface area contributed by atoms with Crippen molar-refractivity contribution in [3.63, 3.8) is 0 Å². The van der Waals surface area contributed by atoms with Crippen molar-refractivity contribution in [2.75, 3.05) is 13.2 Å². The number of rotatable bonds is 18. The summed E-state index contributed by atoms with van der Waals surface area (Å²) < 4.78 is 10.2. The van der Waals surface area contributed by atoms with Crippen molar-refractivity contribution >= 4 is 6.16 Å². The molecule has 0 amide bonds. The van der Waals surface area contributed by atoms with Gasteiger partial charge in [-0.15, -0.1) is 0 Å². The summed E-state index contributed by atoms with van der Waals surface area (Å²) in [5.74, 6) is 0. The van der Waals surface area contributed by atoms with Crippen LogP contribution in [0.3, 0.4) is 0 Å². The minimum atomic E-state index is -0.549. The van der Waals surface area contributed by atoms with Gasteiger partial charge < -0.3 is 9.47 Å². The molecule has 0 aliphatic carbocycles. The summed E-state index contributed by atoms with van der Waals surface area (Å²) in [6, 6.07) is 0. The van der Waals surface area contributed by atoms with Gasteiger partial charge in [-0.2, -0.15) is 0 Å². The molecule has 1 rings (SSSR count). The van der Waals surface area contributed by atoms with E-state index in [1.165, 1.54) is 89.9 Å². The lowest BCUT2D eigenvalue weighted by Crippen LogP contribution is -2.23. The van der Waals surface area contributed by atoms with Gasteiger partial charge in [0.1, 0.15) is 0 Å². The van der Waals surface area contributed by atoms with Gasteiger partial charge in [-0.3, -0.25) is 0 Å². The molecular weight excluding hydrogens is 338 g/mol. The number of nitrogens with zero attached hydrogens (tertiary/aromatic N) is 1. The summed E-state index contributed by atoms with van der Waals surface area (Å²) in [5.41, 5.74) is 0. The Morgan fingerprint density at radius 2 is 1.26 bits per heavy atom. The largest absolute Gasteiger partial charge is 0.509 e. The molecule has 4 nitrogen and oxygen atoms in total. The van der Waals surface area contributed by atoms with Crippen LogP contribution in [-0.4, -0.2) is 25.5 Å². The van der Waals surface area contributed by atoms with Gasteiger partial charge in [0, 0.05) is 13.0 Å². The number of hydrogen-bond acceptors (Lipinski definition) is 3. The van der Waals surface area contributed by atoms with Crippen LogP contribution in [0.1, 0.15) is 122 Å². The van der Waals surface area contributed by atoms with E-state index < -0.39 is 6.16 Å². The fourth-order valence-electron chi connectivity index (χ4n) is 3.64. The lowest BCUT2D eigenvalue weighted by molar-refractivity contribution is 0.0168. The second-order valence-electron chi connectivity index (χ2n) is 8.02. The van der Waals surface area contributed by atoms with E-state index in [1.54, 1.807) is 0 Å². The molecule has 0 saturated carbocycles. The average molecular weight is 383 g/mol. The lowest BCUT2D eigenvalue weighted by Gasteiger charge is -2.10. The fourth-order valence-corrected chi connectivity index (χ4v) is 3.64. The summed E-state index contributed by atoms with van der Waals surface area (Å²) in [5, 5.41) is 4.18. The first kappa shape index (κ1) is 24.3. The van der Waals surface area contributed by atoms with Crippen molar-refractivity contribution in [2.45, 2.75) is 129 Å². The molecule has 1 radical (unpaired) electrons. The zero-order chi connectivity index (χ0) is 19.4. The van der Waals surface area contributed by atoms with Gasteiger partial charge in [0.05, 0.1) is 6.61 Å². The molecule has 0 aromatic heterocycles. The van der Waals surface area contributed by atoms with Crippen LogP contribution in [0, 0.1) is 0 Å². The van der Waals surface area contributed by atoms with Crippen LogP contribution < -0.4 is 5.32 Å². The molecule has 1 unspecified atom stereocenters. The lowest BCUT2D eigenvalue weighted by atomic mass is 10.0. The Morgan fingerprint density at radius 1 is 0.778 bits per heavy atom. The Bertz CT molecular complexity index is 330. The van der Waals surface area contributed by atoms with Gasteiger partial charge in [-0.1, -0.05) is 103 Å². The normalized spacial score (nSPS) is 16.6. The standard InChI is InChI=1S/C23H44NO3/c1-2-3-4-5-6-7-8-9-10-11-12-13-14-15-16-17-21-26-23(25)27-22-19-18-20-24-22/h22H,2-21H2,1H3. The van der Waals surface area contributed by atoms with Crippen LogP contribution in [0.15, 0.2) is 0 Å². The summed E-state index contributed by atoms with van der Waals surface area (Å²) in [4.78, 5) is 11.5. The first-order valence-corrected chi connectivity index (χ1v) is 11.8. The van der Waals surface area contributed by atoms with Crippen molar-refractivity contribution < 1.29 is 14.3 Å². The third-order valence-corrected chi connectivity index (χ3v) is 5.39. The molecule has 159 valence electrons. The third kappa shape index (κ3) is 15.9. The Hall–Kier alpha value is -0.770. The zero-order valence-electron chi connectivity index (χ0n) is 17.9. The predicted octanol–water partition coefficient (Wildman–Crippen LogP) is 7.13. The van der Waals surface area contributed by atoms with Crippen LogP contribution in [0.2, 0.25) is 0 Å². The highest BCUT2D eigenvalue weighted by atomic mass is 16.7. The average Bonchev–Trinajstić information content (AvgIpc) is 3.17. The topological polar surface area (TPSA) is 49.6 Å². The van der Waals surface area contributed by atoms with Gasteiger partial charge in [0.2, 0.25) is 0 Å². The molecule has 0 aromatic carbocycles. The van der Waals surface area contributed by atoms with Gasteiger partial charge >= 0.3 is 6.16 Å². The van der Waals surface area contributed by atoms with Crippen molar-refractivity contribution in [2.24, 2.45) is 0 Å².